The fourth-order valence-electron chi connectivity index (χ4n) is 9.35. The van der Waals surface area contributed by atoms with E-state index in [0.29, 0.717) is 16.5 Å². The van der Waals surface area contributed by atoms with Crippen molar-refractivity contribution in [2.24, 2.45) is 46.3 Å². The zero-order chi connectivity index (χ0) is 28.8. The van der Waals surface area contributed by atoms with Crippen LogP contribution < -0.4 is 5.73 Å². The summed E-state index contributed by atoms with van der Waals surface area (Å²) < 4.78 is 0. The zero-order valence-corrected chi connectivity index (χ0v) is 26.3. The number of allylic oxidation sites excluding steroid dienone is 2. The van der Waals surface area contributed by atoms with Crippen molar-refractivity contribution < 1.29 is 9.90 Å². The zero-order valence-electron chi connectivity index (χ0n) is 26.3. The number of aromatic carboxylic acids is 1. The summed E-state index contributed by atoms with van der Waals surface area (Å²) in [4.78, 5) is 10.3. The summed E-state index contributed by atoms with van der Waals surface area (Å²) >= 11 is 0. The summed E-state index contributed by atoms with van der Waals surface area (Å²) in [5, 5.41) is 8.43. The first kappa shape index (κ1) is 31.8. The second-order valence-corrected chi connectivity index (χ2v) is 13.9. The van der Waals surface area contributed by atoms with Crippen molar-refractivity contribution in [2.75, 3.05) is 5.73 Å². The highest BCUT2D eigenvalue weighted by molar-refractivity contribution is 5.87. The van der Waals surface area contributed by atoms with Gasteiger partial charge >= 0.3 is 5.97 Å². The summed E-state index contributed by atoms with van der Waals surface area (Å²) in [5.74, 6) is 4.91. The van der Waals surface area contributed by atoms with Crippen LogP contribution in [0.3, 0.4) is 0 Å². The predicted octanol–water partition coefficient (Wildman–Crippen LogP) is 10.4. The molecule has 1 aromatic carbocycles. The fraction of sp³-hybridized carbons (Fsp3) is 0.750. The Morgan fingerprint density at radius 1 is 0.974 bits per heavy atom. The van der Waals surface area contributed by atoms with Crippen molar-refractivity contribution in [3.63, 3.8) is 0 Å². The molecule has 39 heavy (non-hydrogen) atoms. The number of nitrogen functional groups attached to an aromatic ring is 1. The maximum atomic E-state index is 10.3. The normalized spacial score (nSPS) is 33.7. The number of rotatable bonds is 6. The van der Waals surface area contributed by atoms with Gasteiger partial charge in [-0.05, 0) is 122 Å². The average molecular weight is 538 g/mol. The second-order valence-electron chi connectivity index (χ2n) is 13.9. The Bertz CT molecular complexity index is 949. The van der Waals surface area contributed by atoms with Crippen LogP contribution >= 0.6 is 0 Å². The van der Waals surface area contributed by atoms with Gasteiger partial charge in [-0.25, -0.2) is 4.79 Å². The van der Waals surface area contributed by atoms with E-state index in [1.165, 1.54) is 89.2 Å². The molecular formula is C36H59NO2. The molecule has 3 saturated carbocycles. The molecule has 0 aliphatic heterocycles. The second kappa shape index (κ2) is 13.7. The van der Waals surface area contributed by atoms with E-state index < -0.39 is 5.97 Å². The molecule has 0 bridgehead atoms. The Morgan fingerprint density at radius 2 is 1.67 bits per heavy atom. The molecule has 0 radical (unpaired) electrons. The molecule has 3 heteroatoms. The first-order chi connectivity index (χ1) is 18.6. The van der Waals surface area contributed by atoms with Gasteiger partial charge in [-0.2, -0.15) is 0 Å². The first-order valence-corrected chi connectivity index (χ1v) is 16.3. The first-order valence-electron chi connectivity index (χ1n) is 16.3. The number of benzene rings is 1. The molecule has 0 heterocycles. The fourth-order valence-corrected chi connectivity index (χ4v) is 9.35. The molecule has 5 rings (SSSR count). The maximum Gasteiger partial charge on any atom is 0.335 e. The van der Waals surface area contributed by atoms with Crippen LogP contribution in [0.5, 0.6) is 0 Å². The number of carboxylic acid groups (broad SMARTS) is 1. The number of anilines is 1. The van der Waals surface area contributed by atoms with Crippen molar-refractivity contribution in [1.82, 2.24) is 0 Å². The molecule has 3 N–H and O–H groups in total. The van der Waals surface area contributed by atoms with Crippen LogP contribution in [-0.4, -0.2) is 11.1 Å². The molecule has 7 unspecified atom stereocenters. The Morgan fingerprint density at radius 3 is 2.31 bits per heavy atom. The number of hydrogen-bond acceptors (Lipinski definition) is 2. The van der Waals surface area contributed by atoms with Gasteiger partial charge < -0.3 is 10.8 Å². The van der Waals surface area contributed by atoms with E-state index in [1.54, 1.807) is 12.1 Å². The molecule has 0 aromatic heterocycles. The highest BCUT2D eigenvalue weighted by Crippen LogP contribution is 2.67. The number of nitrogens with two attached hydrogens (primary N) is 1. The SMILES string of the molecule is CC.CC(C)CCCC(C)C1CCC2C3CC=C4CCCCC4(C)C3CCC12C.Nc1ccc(C(=O)O)cc1. The Kier molecular flexibility index (Phi) is 11.2. The van der Waals surface area contributed by atoms with Crippen molar-refractivity contribution >= 4 is 11.7 Å². The van der Waals surface area contributed by atoms with Gasteiger partial charge in [0.1, 0.15) is 0 Å². The van der Waals surface area contributed by atoms with Crippen LogP contribution in [0.4, 0.5) is 5.69 Å². The standard InChI is InChI=1S/C27H46.C7H7NO2.C2H6/c1-19(2)9-8-10-20(3)23-14-15-24-22-13-12-21-11-6-7-17-26(21,4)25(22)16-18-27(23,24)5;8-6-3-1-5(2-4-6)7(9)10;1-2/h12,19-20,22-25H,6-11,13-18H2,1-5H3;1-4H,8H2,(H,9,10);1-2H3. The van der Waals surface area contributed by atoms with Crippen molar-refractivity contribution in [3.05, 3.63) is 41.5 Å². The third kappa shape index (κ3) is 6.94. The van der Waals surface area contributed by atoms with E-state index in [9.17, 15) is 4.79 Å². The lowest BCUT2D eigenvalue weighted by Gasteiger charge is -2.58. The minimum absolute atomic E-state index is 0.259. The summed E-state index contributed by atoms with van der Waals surface area (Å²) in [7, 11) is 0. The largest absolute Gasteiger partial charge is 0.478 e. The van der Waals surface area contributed by atoms with Crippen LogP contribution in [-0.2, 0) is 0 Å². The van der Waals surface area contributed by atoms with E-state index in [4.69, 9.17) is 10.8 Å². The van der Waals surface area contributed by atoms with Crippen molar-refractivity contribution in [2.45, 2.75) is 126 Å². The Balaban J connectivity index is 0.000000294. The molecule has 3 fully saturated rings. The molecule has 7 atom stereocenters. The molecule has 0 saturated heterocycles. The van der Waals surface area contributed by atoms with Gasteiger partial charge in [0.25, 0.3) is 0 Å². The average Bonchev–Trinajstić information content (AvgIpc) is 3.27. The van der Waals surface area contributed by atoms with Crippen LogP contribution in [0, 0.1) is 46.3 Å². The maximum absolute atomic E-state index is 10.3. The summed E-state index contributed by atoms with van der Waals surface area (Å²) in [5.41, 5.74) is 9.26. The van der Waals surface area contributed by atoms with E-state index in [0.717, 1.165) is 35.5 Å². The summed E-state index contributed by atoms with van der Waals surface area (Å²) in [6.45, 7) is 16.8. The quantitative estimate of drug-likeness (QED) is 0.280. The minimum Gasteiger partial charge on any atom is -0.478 e. The molecule has 1 aromatic rings. The molecule has 0 spiro atoms. The van der Waals surface area contributed by atoms with E-state index in [-0.39, 0.29) is 5.56 Å². The van der Waals surface area contributed by atoms with Gasteiger partial charge in [-0.15, -0.1) is 0 Å². The third-order valence-corrected chi connectivity index (χ3v) is 11.4. The number of fused-ring (bicyclic) bond motifs is 5. The highest BCUT2D eigenvalue weighted by Gasteiger charge is 2.58. The Hall–Kier alpha value is -1.77. The van der Waals surface area contributed by atoms with Gasteiger partial charge in [0, 0.05) is 5.69 Å². The minimum atomic E-state index is -0.931. The third-order valence-electron chi connectivity index (χ3n) is 11.4. The number of carboxylic acids is 1. The molecule has 4 aliphatic carbocycles. The molecule has 3 nitrogen and oxygen atoms in total. The van der Waals surface area contributed by atoms with Gasteiger partial charge in [0.15, 0.2) is 0 Å². The predicted molar refractivity (Wildman–Crippen MR) is 167 cm³/mol. The van der Waals surface area contributed by atoms with Crippen LogP contribution in [0.2, 0.25) is 0 Å². The van der Waals surface area contributed by atoms with Crippen LogP contribution in [0.15, 0.2) is 35.9 Å². The molecule has 0 amide bonds. The van der Waals surface area contributed by atoms with Crippen LogP contribution in [0.1, 0.15) is 136 Å². The van der Waals surface area contributed by atoms with Gasteiger partial charge in [0.2, 0.25) is 0 Å². The Labute approximate surface area is 240 Å². The molecule has 4 aliphatic rings. The van der Waals surface area contributed by atoms with E-state index in [1.807, 2.05) is 19.4 Å². The van der Waals surface area contributed by atoms with Crippen LogP contribution in [0.25, 0.3) is 0 Å². The topological polar surface area (TPSA) is 63.3 Å². The number of carbonyl (C=O) groups is 1. The lowest BCUT2D eigenvalue weighted by Crippen LogP contribution is -2.50. The lowest BCUT2D eigenvalue weighted by molar-refractivity contribution is -0.0500. The monoisotopic (exact) mass is 537 g/mol. The summed E-state index contributed by atoms with van der Waals surface area (Å²) in [6.07, 6.45) is 20.5. The van der Waals surface area contributed by atoms with Gasteiger partial charge in [-0.3, -0.25) is 0 Å². The van der Waals surface area contributed by atoms with Gasteiger partial charge in [-0.1, -0.05) is 85.8 Å². The van der Waals surface area contributed by atoms with Gasteiger partial charge in [0.05, 0.1) is 5.56 Å². The number of hydrogen-bond donors (Lipinski definition) is 2. The highest BCUT2D eigenvalue weighted by atomic mass is 16.4. The molecule has 220 valence electrons. The summed E-state index contributed by atoms with van der Waals surface area (Å²) in [6, 6.07) is 6.06. The smallest absolute Gasteiger partial charge is 0.335 e. The molecular weight excluding hydrogens is 478 g/mol. The van der Waals surface area contributed by atoms with Crippen molar-refractivity contribution in [1.29, 1.82) is 0 Å². The van der Waals surface area contributed by atoms with Crippen molar-refractivity contribution in [3.8, 4) is 0 Å². The van der Waals surface area contributed by atoms with E-state index >= 15 is 0 Å². The van der Waals surface area contributed by atoms with E-state index in [2.05, 4.69) is 40.7 Å². The lowest BCUT2D eigenvalue weighted by atomic mass is 9.47.